The molecule has 2 aromatic heterocycles. The number of aromatic amines is 1. The minimum Gasteiger partial charge on any atom is -0.497 e. The lowest BCUT2D eigenvalue weighted by molar-refractivity contribution is -0.124. The third-order valence-electron chi connectivity index (χ3n) is 7.29. The van der Waals surface area contributed by atoms with E-state index in [-0.39, 0.29) is 18.2 Å². The van der Waals surface area contributed by atoms with Crippen molar-refractivity contribution >= 4 is 45.4 Å². The zero-order chi connectivity index (χ0) is 26.2. The SMILES string of the molecule is CCc1ccc(NC(=O)C[C@@H]2C(=O)N(CCc3c[nH]c4ccc(OC)cc34)c3nc4ccccc4n32)cc1. The zero-order valence-corrected chi connectivity index (χ0v) is 21.4. The molecule has 192 valence electrons. The summed E-state index contributed by atoms with van der Waals surface area (Å²) in [5.41, 5.74) is 5.68. The first-order valence-corrected chi connectivity index (χ1v) is 12.9. The molecular weight excluding hydrogens is 478 g/mol. The highest BCUT2D eigenvalue weighted by Crippen LogP contribution is 2.37. The average molecular weight is 508 g/mol. The van der Waals surface area contributed by atoms with Crippen molar-refractivity contribution in [3.63, 3.8) is 0 Å². The van der Waals surface area contributed by atoms with Crippen LogP contribution in [0.5, 0.6) is 5.75 Å². The van der Waals surface area contributed by atoms with E-state index in [9.17, 15) is 9.59 Å². The number of aryl methyl sites for hydroxylation is 1. The summed E-state index contributed by atoms with van der Waals surface area (Å²) in [5, 5.41) is 4.02. The van der Waals surface area contributed by atoms with Gasteiger partial charge in [0.2, 0.25) is 11.9 Å². The molecule has 2 N–H and O–H groups in total. The first kappa shape index (κ1) is 23.8. The summed E-state index contributed by atoms with van der Waals surface area (Å²) in [5.74, 6) is 1.04. The molecule has 0 bridgehead atoms. The number of ether oxygens (including phenoxy) is 1. The van der Waals surface area contributed by atoms with Crippen molar-refractivity contribution < 1.29 is 14.3 Å². The van der Waals surface area contributed by atoms with Gasteiger partial charge in [0.15, 0.2) is 0 Å². The number of aromatic nitrogens is 3. The standard InChI is InChI=1S/C30H29N5O3/c1-3-19-8-10-21(11-9-19)32-28(36)17-27-29(37)34(30-33-25-6-4-5-7-26(25)35(27)30)15-14-20-18-31-24-13-12-22(38-2)16-23(20)24/h4-13,16,18,27,31H,3,14-15,17H2,1-2H3,(H,32,36)/t27-/m1/s1. The topological polar surface area (TPSA) is 92.2 Å². The van der Waals surface area contributed by atoms with Crippen LogP contribution in [0.25, 0.3) is 21.9 Å². The van der Waals surface area contributed by atoms with E-state index in [1.54, 1.807) is 12.0 Å². The van der Waals surface area contributed by atoms with E-state index in [2.05, 4.69) is 17.2 Å². The highest BCUT2D eigenvalue weighted by atomic mass is 16.5. The second kappa shape index (κ2) is 9.70. The van der Waals surface area contributed by atoms with Crippen LogP contribution in [0.3, 0.4) is 0 Å². The van der Waals surface area contributed by atoms with Gasteiger partial charge < -0.3 is 15.0 Å². The van der Waals surface area contributed by atoms with Gasteiger partial charge in [-0.05, 0) is 66.4 Å². The molecule has 5 aromatic rings. The molecule has 3 aromatic carbocycles. The van der Waals surface area contributed by atoms with Crippen LogP contribution in [0.4, 0.5) is 11.6 Å². The van der Waals surface area contributed by atoms with E-state index < -0.39 is 6.04 Å². The van der Waals surface area contributed by atoms with Gasteiger partial charge in [0, 0.05) is 29.3 Å². The molecule has 8 nitrogen and oxygen atoms in total. The Kier molecular flexibility index (Phi) is 6.07. The molecule has 3 heterocycles. The number of para-hydroxylation sites is 2. The second-order valence-corrected chi connectivity index (χ2v) is 9.55. The maximum Gasteiger partial charge on any atom is 0.253 e. The Morgan fingerprint density at radius 2 is 1.92 bits per heavy atom. The maximum absolute atomic E-state index is 13.7. The molecule has 6 rings (SSSR count). The molecule has 0 spiro atoms. The fraction of sp³-hybridized carbons (Fsp3) is 0.233. The predicted octanol–water partition coefficient (Wildman–Crippen LogP) is 5.25. The van der Waals surface area contributed by atoms with Crippen LogP contribution in [0.15, 0.2) is 72.9 Å². The molecule has 2 amide bonds. The smallest absolute Gasteiger partial charge is 0.253 e. The third kappa shape index (κ3) is 4.18. The molecule has 1 aliphatic rings. The molecule has 0 saturated heterocycles. The van der Waals surface area contributed by atoms with Crippen LogP contribution >= 0.6 is 0 Å². The monoisotopic (exact) mass is 507 g/mol. The van der Waals surface area contributed by atoms with Crippen LogP contribution in [0.2, 0.25) is 0 Å². The molecule has 38 heavy (non-hydrogen) atoms. The van der Waals surface area contributed by atoms with Gasteiger partial charge in [0.1, 0.15) is 11.8 Å². The number of nitrogens with zero attached hydrogens (tertiary/aromatic N) is 3. The Hall–Kier alpha value is -4.59. The molecule has 0 radical (unpaired) electrons. The van der Waals surface area contributed by atoms with Crippen molar-refractivity contribution in [1.29, 1.82) is 0 Å². The number of carbonyl (C=O) groups excluding carboxylic acids is 2. The molecule has 0 saturated carbocycles. The number of imidazole rings is 1. The zero-order valence-electron chi connectivity index (χ0n) is 21.4. The Labute approximate surface area is 220 Å². The number of anilines is 2. The minimum atomic E-state index is -0.657. The van der Waals surface area contributed by atoms with Gasteiger partial charge in [0.25, 0.3) is 5.91 Å². The van der Waals surface area contributed by atoms with E-state index in [1.165, 1.54) is 5.56 Å². The van der Waals surface area contributed by atoms with E-state index in [0.717, 1.165) is 45.4 Å². The third-order valence-corrected chi connectivity index (χ3v) is 7.29. The Morgan fingerprint density at radius 1 is 1.11 bits per heavy atom. The molecule has 0 unspecified atom stereocenters. The summed E-state index contributed by atoms with van der Waals surface area (Å²) in [4.78, 5) is 36.6. The molecule has 1 aliphatic heterocycles. The Balaban J connectivity index is 1.26. The lowest BCUT2D eigenvalue weighted by Gasteiger charge is -2.16. The molecular formula is C30H29N5O3. The minimum absolute atomic E-state index is 0.0303. The lowest BCUT2D eigenvalue weighted by atomic mass is 10.1. The quantitative estimate of drug-likeness (QED) is 0.300. The number of methoxy groups -OCH3 is 1. The summed E-state index contributed by atoms with van der Waals surface area (Å²) in [6.07, 6.45) is 3.57. The summed E-state index contributed by atoms with van der Waals surface area (Å²) in [6, 6.07) is 20.8. The lowest BCUT2D eigenvalue weighted by Crippen LogP contribution is -2.33. The van der Waals surface area contributed by atoms with Gasteiger partial charge in [-0.25, -0.2) is 4.98 Å². The molecule has 0 fully saturated rings. The number of nitrogens with one attached hydrogen (secondary N) is 2. The van der Waals surface area contributed by atoms with Crippen LogP contribution in [-0.4, -0.2) is 40.0 Å². The van der Waals surface area contributed by atoms with Crippen molar-refractivity contribution in [3.8, 4) is 5.75 Å². The highest BCUT2D eigenvalue weighted by molar-refractivity contribution is 6.05. The van der Waals surface area contributed by atoms with Crippen molar-refractivity contribution in [2.45, 2.75) is 32.2 Å². The number of fused-ring (bicyclic) bond motifs is 4. The fourth-order valence-corrected chi connectivity index (χ4v) is 5.24. The normalized spacial score (nSPS) is 14.8. The van der Waals surface area contributed by atoms with E-state index in [4.69, 9.17) is 9.72 Å². The van der Waals surface area contributed by atoms with Crippen LogP contribution < -0.4 is 15.0 Å². The first-order chi connectivity index (χ1) is 18.6. The van der Waals surface area contributed by atoms with Gasteiger partial charge in [-0.2, -0.15) is 0 Å². The van der Waals surface area contributed by atoms with Crippen molar-refractivity contribution in [2.24, 2.45) is 0 Å². The van der Waals surface area contributed by atoms with Crippen molar-refractivity contribution in [1.82, 2.24) is 14.5 Å². The number of amides is 2. The van der Waals surface area contributed by atoms with Crippen LogP contribution in [-0.2, 0) is 22.4 Å². The van der Waals surface area contributed by atoms with Gasteiger partial charge in [-0.15, -0.1) is 0 Å². The van der Waals surface area contributed by atoms with Gasteiger partial charge in [0.05, 0.1) is 24.6 Å². The summed E-state index contributed by atoms with van der Waals surface area (Å²) >= 11 is 0. The number of hydrogen-bond donors (Lipinski definition) is 2. The van der Waals surface area contributed by atoms with Gasteiger partial charge in [-0.3, -0.25) is 19.1 Å². The largest absolute Gasteiger partial charge is 0.497 e. The van der Waals surface area contributed by atoms with Gasteiger partial charge >= 0.3 is 0 Å². The number of hydrogen-bond acceptors (Lipinski definition) is 4. The molecule has 8 heteroatoms. The Bertz CT molecular complexity index is 1650. The summed E-state index contributed by atoms with van der Waals surface area (Å²) in [7, 11) is 1.65. The first-order valence-electron chi connectivity index (χ1n) is 12.9. The summed E-state index contributed by atoms with van der Waals surface area (Å²) in [6.45, 7) is 2.54. The van der Waals surface area contributed by atoms with E-state index in [1.807, 2.05) is 77.5 Å². The predicted molar refractivity (Wildman–Crippen MR) is 149 cm³/mol. The van der Waals surface area contributed by atoms with Gasteiger partial charge in [-0.1, -0.05) is 31.2 Å². The number of H-pyrrole nitrogens is 1. The average Bonchev–Trinajstić information content (AvgIpc) is 3.59. The van der Waals surface area contributed by atoms with Crippen LogP contribution in [0.1, 0.15) is 30.5 Å². The highest BCUT2D eigenvalue weighted by Gasteiger charge is 2.40. The number of carbonyl (C=O) groups is 2. The molecule has 1 atom stereocenters. The molecule has 0 aliphatic carbocycles. The fourth-order valence-electron chi connectivity index (χ4n) is 5.24. The van der Waals surface area contributed by atoms with Crippen LogP contribution in [0, 0.1) is 0 Å². The van der Waals surface area contributed by atoms with E-state index >= 15 is 0 Å². The van der Waals surface area contributed by atoms with Crippen molar-refractivity contribution in [3.05, 3.63) is 84.1 Å². The Morgan fingerprint density at radius 3 is 2.71 bits per heavy atom. The second-order valence-electron chi connectivity index (χ2n) is 9.55. The number of benzene rings is 3. The van der Waals surface area contributed by atoms with E-state index in [0.29, 0.717) is 18.9 Å². The van der Waals surface area contributed by atoms with Crippen molar-refractivity contribution in [2.75, 3.05) is 23.9 Å². The number of rotatable bonds is 8. The summed E-state index contributed by atoms with van der Waals surface area (Å²) < 4.78 is 7.31. The maximum atomic E-state index is 13.7.